The molecular weight excluding hydrogens is 361 g/mol. The number of rotatable bonds is 2. The van der Waals surface area contributed by atoms with E-state index in [0.717, 1.165) is 11.1 Å². The minimum Gasteiger partial charge on any atom is -0.369 e. The summed E-state index contributed by atoms with van der Waals surface area (Å²) in [5, 5.41) is 2.40. The number of aliphatic imine (C=N–C) groups is 1. The highest BCUT2D eigenvalue weighted by atomic mass is 19.4. The molecule has 3 N–H and O–H groups in total. The lowest BCUT2D eigenvalue weighted by atomic mass is 9.87. The molecule has 0 aromatic heterocycles. The molecule has 0 saturated heterocycles. The highest BCUT2D eigenvalue weighted by molar-refractivity contribution is 6.00. The Kier molecular flexibility index (Phi) is 3.60. The van der Waals surface area contributed by atoms with Gasteiger partial charge in [-0.15, -0.1) is 0 Å². The van der Waals surface area contributed by atoms with Crippen molar-refractivity contribution in [3.05, 3.63) is 29.3 Å². The third-order valence-corrected chi connectivity index (χ3v) is 5.89. The SMILES string of the molecule is CN1C(=O)CC2(CCc3ccc(NC(=O)C4(C(F)(F)F)CC4)cc32)N=C1N. The van der Waals surface area contributed by atoms with Gasteiger partial charge < -0.3 is 11.1 Å². The fourth-order valence-corrected chi connectivity index (χ4v) is 3.93. The third kappa shape index (κ3) is 2.59. The average molecular weight is 380 g/mol. The smallest absolute Gasteiger partial charge is 0.369 e. The second-order valence-corrected chi connectivity index (χ2v) is 7.54. The van der Waals surface area contributed by atoms with Gasteiger partial charge in [-0.1, -0.05) is 6.07 Å². The quantitative estimate of drug-likeness (QED) is 0.825. The molecule has 2 aliphatic carbocycles. The molecule has 0 bridgehead atoms. The van der Waals surface area contributed by atoms with Crippen LogP contribution in [0.1, 0.15) is 36.8 Å². The van der Waals surface area contributed by atoms with Crippen molar-refractivity contribution in [1.82, 2.24) is 4.90 Å². The number of carbonyl (C=O) groups excluding carboxylic acids is 2. The number of nitrogens with two attached hydrogens (primary N) is 1. The number of anilines is 1. The van der Waals surface area contributed by atoms with E-state index >= 15 is 0 Å². The van der Waals surface area contributed by atoms with Crippen LogP contribution in [0.5, 0.6) is 0 Å². The van der Waals surface area contributed by atoms with Crippen molar-refractivity contribution in [3.63, 3.8) is 0 Å². The van der Waals surface area contributed by atoms with Crippen LogP contribution in [0.25, 0.3) is 0 Å². The molecule has 1 aliphatic heterocycles. The maximum Gasteiger partial charge on any atom is 0.403 e. The Morgan fingerprint density at radius 2 is 2.00 bits per heavy atom. The van der Waals surface area contributed by atoms with Crippen molar-refractivity contribution >= 4 is 23.5 Å². The van der Waals surface area contributed by atoms with Gasteiger partial charge in [-0.2, -0.15) is 13.2 Å². The van der Waals surface area contributed by atoms with Crippen LogP contribution in [0.4, 0.5) is 18.9 Å². The first-order chi connectivity index (χ1) is 12.6. The van der Waals surface area contributed by atoms with E-state index in [1.54, 1.807) is 25.2 Å². The van der Waals surface area contributed by atoms with E-state index in [1.165, 1.54) is 4.90 Å². The lowest BCUT2D eigenvalue weighted by Crippen LogP contribution is -2.47. The molecule has 1 atom stereocenters. The standard InChI is InChI=1S/C18H19F3N4O2/c1-25-13(26)9-17(24-15(25)22)5-4-10-2-3-11(8-12(10)17)23-14(27)16(6-7-16)18(19,20)21/h2-3,8H,4-7,9H2,1H3,(H2,22,24)(H,23,27). The van der Waals surface area contributed by atoms with Crippen LogP contribution in [-0.4, -0.2) is 35.9 Å². The number of nitrogens with zero attached hydrogens (tertiary/aromatic N) is 2. The Balaban J connectivity index is 1.65. The molecule has 144 valence electrons. The Morgan fingerprint density at radius 3 is 2.59 bits per heavy atom. The van der Waals surface area contributed by atoms with Crippen molar-refractivity contribution in [1.29, 1.82) is 0 Å². The van der Waals surface area contributed by atoms with Crippen LogP contribution in [0.2, 0.25) is 0 Å². The molecule has 3 aliphatic rings. The number of aryl methyl sites for hydroxylation is 1. The maximum absolute atomic E-state index is 13.1. The number of amides is 2. The largest absolute Gasteiger partial charge is 0.403 e. The van der Waals surface area contributed by atoms with Crippen molar-refractivity contribution in [2.45, 2.75) is 43.8 Å². The van der Waals surface area contributed by atoms with Gasteiger partial charge in [0.15, 0.2) is 5.96 Å². The summed E-state index contributed by atoms with van der Waals surface area (Å²) in [5.74, 6) is -1.09. The second kappa shape index (κ2) is 5.46. The summed E-state index contributed by atoms with van der Waals surface area (Å²) in [4.78, 5) is 30.3. The number of fused-ring (bicyclic) bond motifs is 2. The van der Waals surface area contributed by atoms with Gasteiger partial charge in [-0.25, -0.2) is 4.99 Å². The molecular formula is C18H19F3N4O2. The number of carbonyl (C=O) groups is 2. The predicted molar refractivity (Wildman–Crippen MR) is 91.8 cm³/mol. The number of guanidine groups is 1. The van der Waals surface area contributed by atoms with Gasteiger partial charge in [0, 0.05) is 12.7 Å². The summed E-state index contributed by atoms with van der Waals surface area (Å²) in [6.45, 7) is 0. The van der Waals surface area contributed by atoms with E-state index in [9.17, 15) is 22.8 Å². The zero-order chi connectivity index (χ0) is 19.6. The van der Waals surface area contributed by atoms with E-state index in [4.69, 9.17) is 5.73 Å². The molecule has 1 heterocycles. The number of hydrogen-bond acceptors (Lipinski definition) is 4. The molecule has 0 radical (unpaired) electrons. The molecule has 6 nitrogen and oxygen atoms in total. The molecule has 27 heavy (non-hydrogen) atoms. The van der Waals surface area contributed by atoms with Gasteiger partial charge in [0.25, 0.3) is 0 Å². The normalized spacial score (nSPS) is 26.0. The van der Waals surface area contributed by atoms with E-state index in [0.29, 0.717) is 12.8 Å². The zero-order valence-electron chi connectivity index (χ0n) is 14.7. The molecule has 4 rings (SSSR count). The van der Waals surface area contributed by atoms with Gasteiger partial charge in [0.1, 0.15) is 5.41 Å². The van der Waals surface area contributed by atoms with Crippen LogP contribution in [0, 0.1) is 5.41 Å². The van der Waals surface area contributed by atoms with Crippen LogP contribution in [0.3, 0.4) is 0 Å². The zero-order valence-corrected chi connectivity index (χ0v) is 14.7. The molecule has 1 aromatic rings. The molecule has 1 fully saturated rings. The van der Waals surface area contributed by atoms with Crippen molar-refractivity contribution in [2.24, 2.45) is 16.1 Å². The van der Waals surface area contributed by atoms with Crippen molar-refractivity contribution in [2.75, 3.05) is 12.4 Å². The summed E-state index contributed by atoms with van der Waals surface area (Å²) >= 11 is 0. The molecule has 1 aromatic carbocycles. The Morgan fingerprint density at radius 1 is 1.30 bits per heavy atom. The Hall–Kier alpha value is -2.58. The van der Waals surface area contributed by atoms with Crippen molar-refractivity contribution < 1.29 is 22.8 Å². The van der Waals surface area contributed by atoms with E-state index in [2.05, 4.69) is 10.3 Å². The molecule has 1 spiro atoms. The van der Waals surface area contributed by atoms with Gasteiger partial charge in [-0.05, 0) is 48.9 Å². The molecule has 2 amide bonds. The minimum absolute atomic E-state index is 0.113. The predicted octanol–water partition coefficient (Wildman–Crippen LogP) is 2.29. The average Bonchev–Trinajstić information content (AvgIpc) is 3.35. The van der Waals surface area contributed by atoms with Gasteiger partial charge in [0.05, 0.1) is 12.0 Å². The number of alkyl halides is 3. The first kappa shape index (κ1) is 17.8. The fraction of sp³-hybridized carbons (Fsp3) is 0.500. The number of nitrogens with one attached hydrogen (secondary N) is 1. The second-order valence-electron chi connectivity index (χ2n) is 7.54. The number of benzene rings is 1. The van der Waals surface area contributed by atoms with E-state index in [1.807, 2.05) is 0 Å². The topological polar surface area (TPSA) is 87.8 Å². The first-order valence-corrected chi connectivity index (χ1v) is 8.71. The van der Waals surface area contributed by atoms with E-state index < -0.39 is 23.0 Å². The van der Waals surface area contributed by atoms with Crippen LogP contribution in [0.15, 0.2) is 23.2 Å². The lowest BCUT2D eigenvalue weighted by Gasteiger charge is -2.34. The summed E-state index contributed by atoms with van der Waals surface area (Å²) in [5.41, 5.74) is 4.74. The van der Waals surface area contributed by atoms with Crippen LogP contribution in [-0.2, 0) is 21.5 Å². The van der Waals surface area contributed by atoms with E-state index in [-0.39, 0.29) is 36.8 Å². The third-order valence-electron chi connectivity index (χ3n) is 5.89. The van der Waals surface area contributed by atoms with Gasteiger partial charge in [0.2, 0.25) is 11.8 Å². The van der Waals surface area contributed by atoms with Crippen molar-refractivity contribution in [3.8, 4) is 0 Å². The summed E-state index contributed by atoms with van der Waals surface area (Å²) in [7, 11) is 1.55. The number of halogens is 3. The monoisotopic (exact) mass is 380 g/mol. The fourth-order valence-electron chi connectivity index (χ4n) is 3.93. The number of hydrogen-bond donors (Lipinski definition) is 2. The van der Waals surface area contributed by atoms with Gasteiger partial charge >= 0.3 is 6.18 Å². The molecule has 1 unspecified atom stereocenters. The minimum atomic E-state index is -4.56. The lowest BCUT2D eigenvalue weighted by molar-refractivity contribution is -0.189. The Labute approximate surface area is 153 Å². The summed E-state index contributed by atoms with van der Waals surface area (Å²) < 4.78 is 39.4. The maximum atomic E-state index is 13.1. The first-order valence-electron chi connectivity index (χ1n) is 8.71. The van der Waals surface area contributed by atoms with Crippen LogP contribution >= 0.6 is 0 Å². The highest BCUT2D eigenvalue weighted by Gasteiger charge is 2.68. The summed E-state index contributed by atoms with van der Waals surface area (Å²) in [6.07, 6.45) is -3.54. The van der Waals surface area contributed by atoms with Crippen LogP contribution < -0.4 is 11.1 Å². The summed E-state index contributed by atoms with van der Waals surface area (Å²) in [6, 6.07) is 4.98. The highest BCUT2D eigenvalue weighted by Crippen LogP contribution is 2.58. The molecule has 9 heteroatoms. The molecule has 1 saturated carbocycles. The Bertz CT molecular complexity index is 876. The van der Waals surface area contributed by atoms with Gasteiger partial charge in [-0.3, -0.25) is 14.5 Å².